The van der Waals surface area contributed by atoms with Gasteiger partial charge in [0.25, 0.3) is 0 Å². The van der Waals surface area contributed by atoms with Crippen LogP contribution in [0.3, 0.4) is 0 Å². The minimum absolute atomic E-state index is 0.0317. The number of anilines is 2. The van der Waals surface area contributed by atoms with Crippen LogP contribution in [0.25, 0.3) is 5.57 Å². The first kappa shape index (κ1) is 22.0. The number of nitrogens with zero attached hydrogens (tertiary/aromatic N) is 1. The van der Waals surface area contributed by atoms with Gasteiger partial charge in [0.15, 0.2) is 5.78 Å². The van der Waals surface area contributed by atoms with E-state index >= 15 is 0 Å². The second kappa shape index (κ2) is 9.78. The van der Waals surface area contributed by atoms with Crippen LogP contribution in [0.4, 0.5) is 20.2 Å². The average Bonchev–Trinajstić information content (AvgIpc) is 2.65. The highest BCUT2D eigenvalue weighted by Gasteiger charge is 2.06. The lowest BCUT2D eigenvalue weighted by molar-refractivity contribution is 0.101. The van der Waals surface area contributed by atoms with E-state index in [1.165, 1.54) is 0 Å². The topological polar surface area (TPSA) is 53.5 Å². The summed E-state index contributed by atoms with van der Waals surface area (Å²) in [5, 5.41) is 5.25. The Kier molecular flexibility index (Phi) is 7.42. The highest BCUT2D eigenvalue weighted by atomic mass is 19.3. The fraction of sp³-hybridized carbons (Fsp3) is 0.217. The summed E-state index contributed by atoms with van der Waals surface area (Å²) >= 11 is 0. The Morgan fingerprint density at radius 3 is 2.24 bits per heavy atom. The standard InChI is InChI=1S/C23H25F2N3O/c1-14-12-21(10-11-22(14)18(5)29)27-17(4)16(3)26-13-15(2)19-6-8-20(9-7-19)28-23(24)25/h6-13,23,27-28H,4H2,1-3,5H3/b15-13+,26-16+. The number of carbonyl (C=O) groups excluding carboxylic acids is 1. The third-order valence-corrected chi connectivity index (χ3v) is 4.41. The maximum atomic E-state index is 12.3. The summed E-state index contributed by atoms with van der Waals surface area (Å²) in [6, 6.07) is 12.2. The number of Topliss-reactive ketones (excluding diaryl/α,β-unsaturated/α-hetero) is 1. The molecule has 152 valence electrons. The molecule has 0 amide bonds. The van der Waals surface area contributed by atoms with Gasteiger partial charge < -0.3 is 10.6 Å². The normalized spacial score (nSPS) is 12.1. The van der Waals surface area contributed by atoms with Crippen molar-refractivity contribution in [1.29, 1.82) is 0 Å². The first-order valence-corrected chi connectivity index (χ1v) is 9.11. The maximum absolute atomic E-state index is 12.3. The number of hydrogen-bond acceptors (Lipinski definition) is 4. The van der Waals surface area contributed by atoms with E-state index in [9.17, 15) is 13.6 Å². The van der Waals surface area contributed by atoms with Crippen LogP contribution < -0.4 is 10.6 Å². The lowest BCUT2D eigenvalue weighted by atomic mass is 10.0. The van der Waals surface area contributed by atoms with Crippen molar-refractivity contribution < 1.29 is 13.6 Å². The molecular weight excluding hydrogens is 372 g/mol. The summed E-state index contributed by atoms with van der Waals surface area (Å²) in [5.74, 6) is 0.0317. The zero-order chi connectivity index (χ0) is 21.6. The predicted octanol–water partition coefficient (Wildman–Crippen LogP) is 6.28. The van der Waals surface area contributed by atoms with E-state index in [1.54, 1.807) is 43.5 Å². The lowest BCUT2D eigenvalue weighted by Crippen LogP contribution is -2.07. The van der Waals surface area contributed by atoms with Crippen molar-refractivity contribution >= 4 is 28.4 Å². The van der Waals surface area contributed by atoms with Gasteiger partial charge in [-0.3, -0.25) is 9.79 Å². The van der Waals surface area contributed by atoms with Crippen LogP contribution >= 0.6 is 0 Å². The highest BCUT2D eigenvalue weighted by molar-refractivity contribution is 6.01. The average molecular weight is 397 g/mol. The minimum atomic E-state index is -2.59. The summed E-state index contributed by atoms with van der Waals surface area (Å²) in [5.41, 5.74) is 5.90. The molecule has 2 aromatic rings. The number of aryl methyl sites for hydroxylation is 1. The molecule has 0 radical (unpaired) electrons. The van der Waals surface area contributed by atoms with Gasteiger partial charge >= 0.3 is 6.55 Å². The predicted molar refractivity (Wildman–Crippen MR) is 117 cm³/mol. The number of carbonyl (C=O) groups is 1. The van der Waals surface area contributed by atoms with E-state index in [2.05, 4.69) is 22.2 Å². The Hall–Kier alpha value is -3.28. The number of hydrogen-bond donors (Lipinski definition) is 2. The molecule has 29 heavy (non-hydrogen) atoms. The Labute approximate surface area is 170 Å². The second-order valence-electron chi connectivity index (χ2n) is 6.74. The molecule has 0 saturated heterocycles. The van der Waals surface area contributed by atoms with Crippen LogP contribution in [-0.4, -0.2) is 18.0 Å². The van der Waals surface area contributed by atoms with E-state index in [4.69, 9.17) is 0 Å². The Bertz CT molecular complexity index is 961. The van der Waals surface area contributed by atoms with Crippen molar-refractivity contribution in [2.24, 2.45) is 4.99 Å². The van der Waals surface area contributed by atoms with Gasteiger partial charge in [0.1, 0.15) is 0 Å². The number of allylic oxidation sites excluding steroid dienone is 2. The SMILES string of the molecule is C=C(Nc1ccc(C(C)=O)c(C)c1)/C(C)=N/C=C(\C)c1ccc(NC(F)F)cc1. The van der Waals surface area contributed by atoms with Crippen LogP contribution in [0.5, 0.6) is 0 Å². The molecule has 0 bridgehead atoms. The molecule has 0 atom stereocenters. The van der Waals surface area contributed by atoms with Gasteiger partial charge in [-0.05, 0) is 74.7 Å². The first-order valence-electron chi connectivity index (χ1n) is 9.11. The highest BCUT2D eigenvalue weighted by Crippen LogP contribution is 2.19. The van der Waals surface area contributed by atoms with Gasteiger partial charge in [-0.15, -0.1) is 0 Å². The number of rotatable bonds is 8. The number of alkyl halides is 2. The number of nitrogens with one attached hydrogen (secondary N) is 2. The van der Waals surface area contributed by atoms with E-state index in [1.807, 2.05) is 32.9 Å². The zero-order valence-corrected chi connectivity index (χ0v) is 17.0. The molecule has 0 aliphatic rings. The van der Waals surface area contributed by atoms with Crippen LogP contribution in [0, 0.1) is 6.92 Å². The third-order valence-electron chi connectivity index (χ3n) is 4.41. The monoisotopic (exact) mass is 397 g/mol. The Balaban J connectivity index is 2.06. The molecule has 2 N–H and O–H groups in total. The van der Waals surface area contributed by atoms with Crippen LogP contribution in [0.2, 0.25) is 0 Å². The quantitative estimate of drug-likeness (QED) is 0.313. The molecule has 0 saturated carbocycles. The summed E-state index contributed by atoms with van der Waals surface area (Å²) in [6.45, 7) is 8.58. The van der Waals surface area contributed by atoms with Gasteiger partial charge in [-0.25, -0.2) is 0 Å². The van der Waals surface area contributed by atoms with Gasteiger partial charge in [0, 0.05) is 23.1 Å². The fourth-order valence-electron chi connectivity index (χ4n) is 2.70. The van der Waals surface area contributed by atoms with E-state index in [0.717, 1.165) is 22.4 Å². The first-order chi connectivity index (χ1) is 13.7. The smallest absolute Gasteiger partial charge is 0.312 e. The van der Waals surface area contributed by atoms with Crippen LogP contribution in [-0.2, 0) is 0 Å². The molecule has 4 nitrogen and oxygen atoms in total. The fourth-order valence-corrected chi connectivity index (χ4v) is 2.70. The summed E-state index contributed by atoms with van der Waals surface area (Å²) in [4.78, 5) is 16.0. The van der Waals surface area contributed by atoms with Crippen molar-refractivity contribution in [3.8, 4) is 0 Å². The Morgan fingerprint density at radius 1 is 1.07 bits per heavy atom. The molecule has 0 spiro atoms. The molecule has 0 aliphatic heterocycles. The van der Waals surface area contributed by atoms with E-state index < -0.39 is 6.55 Å². The van der Waals surface area contributed by atoms with Gasteiger partial charge in [0.2, 0.25) is 0 Å². The lowest BCUT2D eigenvalue weighted by Gasteiger charge is -2.11. The van der Waals surface area contributed by atoms with Crippen molar-refractivity contribution in [3.05, 3.63) is 77.6 Å². The second-order valence-corrected chi connectivity index (χ2v) is 6.74. The number of aliphatic imine (C=N–C) groups is 1. The van der Waals surface area contributed by atoms with Crippen molar-refractivity contribution in [2.75, 3.05) is 10.6 Å². The van der Waals surface area contributed by atoms with Crippen molar-refractivity contribution in [3.63, 3.8) is 0 Å². The molecule has 0 aliphatic carbocycles. The molecule has 0 aromatic heterocycles. The maximum Gasteiger partial charge on any atom is 0.312 e. The summed E-state index contributed by atoms with van der Waals surface area (Å²) in [7, 11) is 0. The summed E-state index contributed by atoms with van der Waals surface area (Å²) < 4.78 is 24.7. The van der Waals surface area contributed by atoms with Crippen molar-refractivity contribution in [2.45, 2.75) is 34.2 Å². The largest absolute Gasteiger partial charge is 0.355 e. The Morgan fingerprint density at radius 2 is 1.69 bits per heavy atom. The molecule has 0 fully saturated rings. The van der Waals surface area contributed by atoms with Crippen LogP contribution in [0.1, 0.15) is 42.3 Å². The van der Waals surface area contributed by atoms with Gasteiger partial charge in [0.05, 0.1) is 11.4 Å². The van der Waals surface area contributed by atoms with E-state index in [0.29, 0.717) is 22.7 Å². The number of halogens is 2. The number of benzene rings is 2. The molecule has 0 unspecified atom stereocenters. The molecule has 6 heteroatoms. The van der Waals surface area contributed by atoms with Crippen molar-refractivity contribution in [1.82, 2.24) is 0 Å². The third kappa shape index (κ3) is 6.38. The zero-order valence-electron chi connectivity index (χ0n) is 17.0. The molecular formula is C23H25F2N3O. The summed E-state index contributed by atoms with van der Waals surface area (Å²) in [6.07, 6.45) is 1.71. The minimum Gasteiger partial charge on any atom is -0.355 e. The molecule has 2 aromatic carbocycles. The van der Waals surface area contributed by atoms with Gasteiger partial charge in [-0.1, -0.05) is 18.7 Å². The molecule has 2 rings (SSSR count). The van der Waals surface area contributed by atoms with Gasteiger partial charge in [-0.2, -0.15) is 8.78 Å². The van der Waals surface area contributed by atoms with Crippen LogP contribution in [0.15, 0.2) is 65.9 Å². The van der Waals surface area contributed by atoms with E-state index in [-0.39, 0.29) is 5.78 Å². The molecule has 0 heterocycles. The number of ketones is 1.